The number of nitro benzene ring substituents is 1. The molecule has 18 heteroatoms. The van der Waals surface area contributed by atoms with E-state index in [1.807, 2.05) is 24.3 Å². The van der Waals surface area contributed by atoms with Gasteiger partial charge >= 0.3 is 13.7 Å². The van der Waals surface area contributed by atoms with Crippen molar-refractivity contribution in [1.82, 2.24) is 24.8 Å². The van der Waals surface area contributed by atoms with Gasteiger partial charge < -0.3 is 29.5 Å². The van der Waals surface area contributed by atoms with E-state index in [0.29, 0.717) is 11.8 Å². The smallest absolute Gasteiger partial charge is 0.459 e. The Hall–Kier alpha value is -4.96. The number of nitrogens with two attached hydrogens (primary N) is 1. The van der Waals surface area contributed by atoms with E-state index in [1.165, 1.54) is 30.3 Å². The number of nitrogens with one attached hydrogen (secondary N) is 2. The molecular formula is C27H28N7O10P. The first-order valence-electron chi connectivity index (χ1n) is 13.5. The molecule has 17 nitrogen and oxygen atoms in total. The van der Waals surface area contributed by atoms with E-state index in [9.17, 15) is 29.1 Å². The summed E-state index contributed by atoms with van der Waals surface area (Å²) in [6.07, 6.45) is 1.93. The van der Waals surface area contributed by atoms with Crippen LogP contribution in [0, 0.1) is 16.0 Å². The molecule has 1 fully saturated rings. The zero-order chi connectivity index (χ0) is 32.1. The Balaban J connectivity index is 1.38. The summed E-state index contributed by atoms with van der Waals surface area (Å²) < 4.78 is 37.8. The molecule has 5 atom stereocenters. The fourth-order valence-corrected chi connectivity index (χ4v) is 6.37. The number of rotatable bonds is 14. The molecule has 0 radical (unpaired) electrons. The van der Waals surface area contributed by atoms with Crippen molar-refractivity contribution in [3.8, 4) is 5.75 Å². The molecule has 0 aliphatic carbocycles. The third-order valence-electron chi connectivity index (χ3n) is 7.00. The number of primary amides is 1. The average molecular weight is 642 g/mol. The lowest BCUT2D eigenvalue weighted by molar-refractivity contribution is -0.384. The molecule has 0 saturated carbocycles. The maximum atomic E-state index is 14.3. The van der Waals surface area contributed by atoms with Gasteiger partial charge in [-0.05, 0) is 30.2 Å². The van der Waals surface area contributed by atoms with Gasteiger partial charge in [-0.15, -0.1) is 5.10 Å². The van der Waals surface area contributed by atoms with E-state index in [0.717, 1.165) is 23.0 Å². The minimum absolute atomic E-state index is 0.0252. The number of non-ortho nitro benzene ring substituents is 1. The Morgan fingerprint density at radius 1 is 1.29 bits per heavy atom. The Kier molecular flexibility index (Phi) is 9.34. The van der Waals surface area contributed by atoms with Crippen molar-refractivity contribution in [3.05, 3.63) is 82.6 Å². The molecule has 236 valence electrons. The number of nitro groups is 1. The van der Waals surface area contributed by atoms with Crippen LogP contribution in [0.1, 0.15) is 28.8 Å². The van der Waals surface area contributed by atoms with Crippen LogP contribution in [-0.4, -0.2) is 68.7 Å². The van der Waals surface area contributed by atoms with Gasteiger partial charge in [0.05, 0.1) is 30.7 Å². The quantitative estimate of drug-likeness (QED) is 0.0591. The van der Waals surface area contributed by atoms with E-state index in [1.54, 1.807) is 6.20 Å². The summed E-state index contributed by atoms with van der Waals surface area (Å²) in [5.41, 5.74) is 6.53. The number of carbonyl (C=O) groups excluding carboxylic acids is 3. The highest BCUT2D eigenvalue weighted by Crippen LogP contribution is 2.47. The van der Waals surface area contributed by atoms with Crippen LogP contribution in [0.3, 0.4) is 0 Å². The number of esters is 1. The van der Waals surface area contributed by atoms with Crippen molar-refractivity contribution in [2.45, 2.75) is 31.2 Å². The van der Waals surface area contributed by atoms with Gasteiger partial charge in [0.25, 0.3) is 11.6 Å². The number of hydrogen-bond acceptors (Lipinski definition) is 12. The van der Waals surface area contributed by atoms with Crippen molar-refractivity contribution in [2.24, 2.45) is 11.7 Å². The molecule has 2 aromatic heterocycles. The van der Waals surface area contributed by atoms with Crippen LogP contribution in [0.5, 0.6) is 5.75 Å². The second kappa shape index (κ2) is 13.4. The number of nitrogens with zero attached hydrogens (tertiary/aromatic N) is 4. The highest BCUT2D eigenvalue weighted by atomic mass is 31.2. The normalized spacial score (nSPS) is 19.9. The number of ether oxygens (including phenoxy) is 2. The maximum absolute atomic E-state index is 14.3. The highest BCUT2D eigenvalue weighted by Gasteiger charge is 2.41. The van der Waals surface area contributed by atoms with Crippen molar-refractivity contribution in [3.63, 3.8) is 0 Å². The first-order chi connectivity index (χ1) is 21.6. The fraction of sp³-hybridized carbons (Fsp3) is 0.296. The second-order valence-electron chi connectivity index (χ2n) is 10.0. The topological polar surface area (TPSA) is 233 Å². The standard InChI is InChI=1S/C27H28N7O10P/c1-41-27(37)23(11-16-12-29-22-5-3-2-4-21(16)22)32-45(40,44-19-8-6-18(7-9-19)34(38)39)42-14-20-10-17(13-35)26(43-20)33-15-30-25(31-33)24(28)36/h2-9,12-13,15,17,20,23,26,29H,10-11,14H2,1H3,(H2,28,36)(H,32,40)/t17?,20-,23-,26+,45?/m0/s1. The van der Waals surface area contributed by atoms with Crippen molar-refractivity contribution < 1.29 is 42.4 Å². The van der Waals surface area contributed by atoms with E-state index < -0.39 is 48.8 Å². The number of aldehydes is 1. The summed E-state index contributed by atoms with van der Waals surface area (Å²) in [4.78, 5) is 53.6. The molecular weight excluding hydrogens is 613 g/mol. The lowest BCUT2D eigenvalue weighted by Crippen LogP contribution is -2.39. The van der Waals surface area contributed by atoms with E-state index in [4.69, 9.17) is 24.3 Å². The zero-order valence-corrected chi connectivity index (χ0v) is 24.6. The Morgan fingerprint density at radius 2 is 2.04 bits per heavy atom. The van der Waals surface area contributed by atoms with Gasteiger partial charge in [0, 0.05) is 35.7 Å². The molecule has 1 amide bonds. The number of benzene rings is 2. The van der Waals surface area contributed by atoms with Crippen LogP contribution in [0.25, 0.3) is 10.9 Å². The second-order valence-corrected chi connectivity index (χ2v) is 11.7. The molecule has 0 spiro atoms. The first-order valence-corrected chi connectivity index (χ1v) is 15.0. The van der Waals surface area contributed by atoms with Crippen LogP contribution in [0.2, 0.25) is 0 Å². The van der Waals surface area contributed by atoms with E-state index in [-0.39, 0.29) is 36.7 Å². The van der Waals surface area contributed by atoms with Crippen LogP contribution < -0.4 is 15.3 Å². The van der Waals surface area contributed by atoms with E-state index >= 15 is 0 Å². The molecule has 45 heavy (non-hydrogen) atoms. The summed E-state index contributed by atoms with van der Waals surface area (Å²) >= 11 is 0. The molecule has 4 aromatic rings. The number of fused-ring (bicyclic) bond motifs is 1. The van der Waals surface area contributed by atoms with Gasteiger partial charge in [0.1, 0.15) is 24.4 Å². The van der Waals surface area contributed by atoms with E-state index in [2.05, 4.69) is 20.2 Å². The minimum atomic E-state index is -4.46. The molecule has 4 N–H and O–H groups in total. The van der Waals surface area contributed by atoms with Crippen LogP contribution in [-0.2, 0) is 34.6 Å². The first kappa shape index (κ1) is 31.5. The Bertz CT molecular complexity index is 1760. The summed E-state index contributed by atoms with van der Waals surface area (Å²) in [5.74, 6) is -2.67. The summed E-state index contributed by atoms with van der Waals surface area (Å²) in [6.45, 7) is -0.379. The largest absolute Gasteiger partial charge is 0.468 e. The molecule has 0 bridgehead atoms. The SMILES string of the molecule is COC(=O)[C@H](Cc1c[nH]c2ccccc12)NP(=O)(OC[C@@H]1CC(C=O)[C@H](n2cnc(C(N)=O)n2)O1)Oc1ccc([N+](=O)[O-])cc1. The Labute approximate surface area is 254 Å². The number of methoxy groups -OCH3 is 1. The summed E-state index contributed by atoms with van der Waals surface area (Å²) in [5, 5.41) is 18.5. The predicted molar refractivity (Wildman–Crippen MR) is 155 cm³/mol. The number of H-pyrrole nitrogens is 1. The fourth-order valence-electron chi connectivity index (χ4n) is 4.85. The number of aromatic nitrogens is 4. The molecule has 1 aliphatic heterocycles. The number of hydrogen-bond donors (Lipinski definition) is 3. The predicted octanol–water partition coefficient (Wildman–Crippen LogP) is 2.45. The minimum Gasteiger partial charge on any atom is -0.468 e. The average Bonchev–Trinajstić information content (AvgIpc) is 3.78. The number of aromatic amines is 1. The molecule has 2 unspecified atom stereocenters. The summed E-state index contributed by atoms with van der Waals surface area (Å²) in [6, 6.07) is 11.0. The van der Waals surface area contributed by atoms with Gasteiger partial charge in [0.2, 0.25) is 5.82 Å². The van der Waals surface area contributed by atoms with Crippen molar-refractivity contribution in [1.29, 1.82) is 0 Å². The monoisotopic (exact) mass is 641 g/mol. The Morgan fingerprint density at radius 3 is 2.71 bits per heavy atom. The number of para-hydroxylation sites is 1. The zero-order valence-electron chi connectivity index (χ0n) is 23.7. The van der Waals surface area contributed by atoms with Crippen molar-refractivity contribution in [2.75, 3.05) is 13.7 Å². The molecule has 1 saturated heterocycles. The van der Waals surface area contributed by atoms with Crippen LogP contribution in [0.15, 0.2) is 61.1 Å². The van der Waals surface area contributed by atoms with Gasteiger partial charge in [-0.2, -0.15) is 5.09 Å². The maximum Gasteiger partial charge on any atom is 0.459 e. The molecule has 3 heterocycles. The lowest BCUT2D eigenvalue weighted by Gasteiger charge is -2.25. The van der Waals surface area contributed by atoms with Gasteiger partial charge in [-0.25, -0.2) is 14.2 Å². The lowest BCUT2D eigenvalue weighted by atomic mass is 10.1. The van der Waals surface area contributed by atoms with Gasteiger partial charge in [-0.1, -0.05) is 18.2 Å². The van der Waals surface area contributed by atoms with Crippen LogP contribution in [0.4, 0.5) is 5.69 Å². The number of amides is 1. The molecule has 1 aliphatic rings. The van der Waals surface area contributed by atoms with Crippen LogP contribution >= 0.6 is 7.75 Å². The van der Waals surface area contributed by atoms with Gasteiger partial charge in [-0.3, -0.25) is 24.2 Å². The third-order valence-corrected chi connectivity index (χ3v) is 8.57. The molecule has 5 rings (SSSR count). The highest BCUT2D eigenvalue weighted by molar-refractivity contribution is 7.52. The third kappa shape index (κ3) is 7.24. The van der Waals surface area contributed by atoms with Crippen molar-refractivity contribution >= 4 is 42.5 Å². The van der Waals surface area contributed by atoms with Gasteiger partial charge in [0.15, 0.2) is 6.23 Å². The number of carbonyl (C=O) groups is 3. The summed E-state index contributed by atoms with van der Waals surface area (Å²) in [7, 11) is -3.28. The molecule has 2 aromatic carbocycles.